The first-order valence-corrected chi connectivity index (χ1v) is 9.22. The third-order valence-corrected chi connectivity index (χ3v) is 4.83. The van der Waals surface area contributed by atoms with E-state index in [1.54, 1.807) is 0 Å². The molecule has 1 aromatic rings. The van der Waals surface area contributed by atoms with Gasteiger partial charge in [-0.25, -0.2) is 4.79 Å². The molecule has 4 nitrogen and oxygen atoms in total. The summed E-state index contributed by atoms with van der Waals surface area (Å²) in [5.41, 5.74) is 1.35. The van der Waals surface area contributed by atoms with Crippen molar-refractivity contribution in [3.8, 4) is 0 Å². The first kappa shape index (κ1) is 19.8. The number of nitrogens with one attached hydrogen (secondary N) is 1. The SMILES string of the molecule is CC(C)(C)OC(=O)NC1(c2cccc(C(C)(C)C)c2)CCC(O)CC1. The Bertz CT molecular complexity index is 602. The van der Waals surface area contributed by atoms with Crippen LogP contribution in [0.4, 0.5) is 4.79 Å². The van der Waals surface area contributed by atoms with E-state index >= 15 is 0 Å². The minimum Gasteiger partial charge on any atom is -0.444 e. The molecule has 4 heteroatoms. The Balaban J connectivity index is 2.35. The summed E-state index contributed by atoms with van der Waals surface area (Å²) in [5.74, 6) is 0. The lowest BCUT2D eigenvalue weighted by Gasteiger charge is -2.41. The van der Waals surface area contributed by atoms with Crippen LogP contribution >= 0.6 is 0 Å². The molecule has 1 aliphatic carbocycles. The van der Waals surface area contributed by atoms with Gasteiger partial charge in [-0.2, -0.15) is 0 Å². The van der Waals surface area contributed by atoms with Crippen LogP contribution in [-0.4, -0.2) is 22.9 Å². The van der Waals surface area contributed by atoms with Gasteiger partial charge in [-0.15, -0.1) is 0 Å². The summed E-state index contributed by atoms with van der Waals surface area (Å²) in [6.45, 7) is 12.2. The molecular formula is C21H33NO3. The lowest BCUT2D eigenvalue weighted by Crippen LogP contribution is -2.50. The molecule has 1 aliphatic rings. The number of hydrogen-bond acceptors (Lipinski definition) is 3. The molecule has 1 fully saturated rings. The number of ether oxygens (including phenoxy) is 1. The Morgan fingerprint density at radius 1 is 1.16 bits per heavy atom. The van der Waals surface area contributed by atoms with Crippen molar-refractivity contribution >= 4 is 6.09 Å². The second-order valence-corrected chi connectivity index (χ2v) is 9.27. The fourth-order valence-corrected chi connectivity index (χ4v) is 3.36. The molecule has 0 heterocycles. The van der Waals surface area contributed by atoms with Crippen molar-refractivity contribution in [3.05, 3.63) is 35.4 Å². The van der Waals surface area contributed by atoms with Gasteiger partial charge in [0.15, 0.2) is 0 Å². The summed E-state index contributed by atoms with van der Waals surface area (Å²) in [6.07, 6.45) is 2.08. The number of carbonyl (C=O) groups is 1. The van der Waals surface area contributed by atoms with E-state index in [-0.39, 0.29) is 11.5 Å². The largest absolute Gasteiger partial charge is 0.444 e. The maximum Gasteiger partial charge on any atom is 0.408 e. The summed E-state index contributed by atoms with van der Waals surface area (Å²) in [7, 11) is 0. The highest BCUT2D eigenvalue weighted by Gasteiger charge is 2.39. The van der Waals surface area contributed by atoms with Crippen LogP contribution in [0, 0.1) is 0 Å². The Hall–Kier alpha value is -1.55. The predicted octanol–water partition coefficient (Wildman–Crippen LogP) is 4.64. The fraction of sp³-hybridized carbons (Fsp3) is 0.667. The molecule has 1 amide bonds. The molecule has 0 saturated heterocycles. The third-order valence-electron chi connectivity index (χ3n) is 4.83. The zero-order valence-electron chi connectivity index (χ0n) is 16.5. The van der Waals surface area contributed by atoms with Crippen LogP contribution in [0.2, 0.25) is 0 Å². The number of benzene rings is 1. The van der Waals surface area contributed by atoms with E-state index < -0.39 is 17.2 Å². The van der Waals surface area contributed by atoms with Gasteiger partial charge >= 0.3 is 6.09 Å². The first-order chi connectivity index (χ1) is 11.4. The summed E-state index contributed by atoms with van der Waals surface area (Å²) in [5, 5.41) is 13.1. The summed E-state index contributed by atoms with van der Waals surface area (Å²) in [4.78, 5) is 12.5. The molecule has 0 bridgehead atoms. The van der Waals surface area contributed by atoms with Gasteiger partial charge in [0.25, 0.3) is 0 Å². The maximum absolute atomic E-state index is 12.5. The molecule has 2 rings (SSSR count). The van der Waals surface area contributed by atoms with Gasteiger partial charge in [-0.3, -0.25) is 0 Å². The Morgan fingerprint density at radius 2 is 1.76 bits per heavy atom. The Labute approximate surface area is 152 Å². The smallest absolute Gasteiger partial charge is 0.408 e. The average molecular weight is 347 g/mol. The van der Waals surface area contributed by atoms with E-state index in [1.165, 1.54) is 5.56 Å². The molecule has 0 aromatic heterocycles. The van der Waals surface area contributed by atoms with Gasteiger partial charge in [0.1, 0.15) is 5.60 Å². The number of rotatable bonds is 2. The molecule has 25 heavy (non-hydrogen) atoms. The molecule has 2 N–H and O–H groups in total. The molecule has 0 spiro atoms. The van der Waals surface area contributed by atoms with Gasteiger partial charge in [0, 0.05) is 0 Å². The molecule has 1 aromatic carbocycles. The van der Waals surface area contributed by atoms with Gasteiger partial charge < -0.3 is 15.2 Å². The quantitative estimate of drug-likeness (QED) is 0.819. The minimum atomic E-state index is -0.535. The number of aliphatic hydroxyl groups is 1. The van der Waals surface area contributed by atoms with Crippen LogP contribution in [-0.2, 0) is 15.7 Å². The van der Waals surface area contributed by atoms with Crippen LogP contribution in [0.3, 0.4) is 0 Å². The van der Waals surface area contributed by atoms with Crippen molar-refractivity contribution in [1.82, 2.24) is 5.32 Å². The minimum absolute atomic E-state index is 0.0390. The zero-order chi connectivity index (χ0) is 18.9. The van der Waals surface area contributed by atoms with Crippen molar-refractivity contribution in [1.29, 1.82) is 0 Å². The van der Waals surface area contributed by atoms with Gasteiger partial charge in [-0.05, 0) is 63.0 Å². The van der Waals surface area contributed by atoms with E-state index in [4.69, 9.17) is 4.74 Å². The van der Waals surface area contributed by atoms with Crippen LogP contribution in [0.5, 0.6) is 0 Å². The monoisotopic (exact) mass is 347 g/mol. The lowest BCUT2D eigenvalue weighted by atomic mass is 9.74. The maximum atomic E-state index is 12.5. The number of amides is 1. The van der Waals surface area contributed by atoms with Gasteiger partial charge in [0.05, 0.1) is 11.6 Å². The highest BCUT2D eigenvalue weighted by Crippen LogP contribution is 2.39. The van der Waals surface area contributed by atoms with E-state index in [1.807, 2.05) is 20.8 Å². The topological polar surface area (TPSA) is 58.6 Å². The van der Waals surface area contributed by atoms with E-state index in [0.717, 1.165) is 5.56 Å². The molecule has 1 saturated carbocycles. The van der Waals surface area contributed by atoms with Crippen LogP contribution in [0.25, 0.3) is 0 Å². The van der Waals surface area contributed by atoms with E-state index in [2.05, 4.69) is 50.4 Å². The second-order valence-electron chi connectivity index (χ2n) is 9.27. The molecule has 0 unspecified atom stereocenters. The molecule has 140 valence electrons. The van der Waals surface area contributed by atoms with Gasteiger partial charge in [0.2, 0.25) is 0 Å². The van der Waals surface area contributed by atoms with Crippen molar-refractivity contribution in [3.63, 3.8) is 0 Å². The van der Waals surface area contributed by atoms with Crippen molar-refractivity contribution in [2.45, 2.75) is 89.9 Å². The highest BCUT2D eigenvalue weighted by atomic mass is 16.6. The van der Waals surface area contributed by atoms with Crippen LogP contribution in [0.15, 0.2) is 24.3 Å². The molecule has 0 aliphatic heterocycles. The van der Waals surface area contributed by atoms with E-state index in [0.29, 0.717) is 25.7 Å². The number of carbonyl (C=O) groups excluding carboxylic acids is 1. The van der Waals surface area contributed by atoms with Crippen molar-refractivity contribution in [2.75, 3.05) is 0 Å². The van der Waals surface area contributed by atoms with Crippen LogP contribution < -0.4 is 5.32 Å². The summed E-state index contributed by atoms with van der Waals surface area (Å²) in [6, 6.07) is 8.45. The Kier molecular flexibility index (Phi) is 5.53. The zero-order valence-corrected chi connectivity index (χ0v) is 16.5. The van der Waals surface area contributed by atoms with Crippen molar-refractivity contribution in [2.24, 2.45) is 0 Å². The van der Waals surface area contributed by atoms with Crippen molar-refractivity contribution < 1.29 is 14.6 Å². The standard InChI is InChI=1S/C21H33NO3/c1-19(2,3)15-8-7-9-16(14-15)21(12-10-17(23)11-13-21)22-18(24)25-20(4,5)6/h7-9,14,17,23H,10-13H2,1-6H3,(H,22,24). The fourth-order valence-electron chi connectivity index (χ4n) is 3.36. The normalized spacial score (nSPS) is 24.7. The van der Waals surface area contributed by atoms with Gasteiger partial charge in [-0.1, -0.05) is 45.0 Å². The third kappa shape index (κ3) is 5.21. The Morgan fingerprint density at radius 3 is 2.28 bits per heavy atom. The number of alkyl carbamates (subject to hydrolysis) is 1. The molecular weight excluding hydrogens is 314 g/mol. The van der Waals surface area contributed by atoms with Crippen LogP contribution in [0.1, 0.15) is 78.4 Å². The second kappa shape index (κ2) is 6.99. The van der Waals surface area contributed by atoms with E-state index in [9.17, 15) is 9.90 Å². The molecule has 0 radical (unpaired) electrons. The lowest BCUT2D eigenvalue weighted by molar-refractivity contribution is 0.0331. The first-order valence-electron chi connectivity index (χ1n) is 9.22. The molecule has 0 atom stereocenters. The summed E-state index contributed by atoms with van der Waals surface area (Å²) < 4.78 is 5.50. The number of aliphatic hydroxyl groups excluding tert-OH is 1. The number of hydrogen-bond donors (Lipinski definition) is 2. The average Bonchev–Trinajstić information content (AvgIpc) is 2.47. The summed E-state index contributed by atoms with van der Waals surface area (Å²) >= 11 is 0. The predicted molar refractivity (Wildman–Crippen MR) is 101 cm³/mol. The highest BCUT2D eigenvalue weighted by molar-refractivity contribution is 5.69.